The Labute approximate surface area is 117 Å². The van der Waals surface area contributed by atoms with Crippen LogP contribution in [0.4, 0.5) is 0 Å². The summed E-state index contributed by atoms with van der Waals surface area (Å²) in [4.78, 5) is 11.4. The number of thioether (sulfide) groups is 1. The SMILES string of the molecule is CCCCCCCCCCCCC1CSCC1=O. The third-order valence-electron chi connectivity index (χ3n) is 3.92. The van der Waals surface area contributed by atoms with Crippen LogP contribution in [0.3, 0.4) is 0 Å². The lowest BCUT2D eigenvalue weighted by molar-refractivity contribution is -0.119. The molecule has 0 bridgehead atoms. The van der Waals surface area contributed by atoms with Crippen molar-refractivity contribution in [2.45, 2.75) is 77.6 Å². The van der Waals surface area contributed by atoms with E-state index in [0.717, 1.165) is 17.9 Å². The zero-order valence-corrected chi connectivity index (χ0v) is 12.9. The summed E-state index contributed by atoms with van der Waals surface area (Å²) in [5, 5.41) is 0. The van der Waals surface area contributed by atoms with Crippen LogP contribution in [0, 0.1) is 5.92 Å². The van der Waals surface area contributed by atoms with Gasteiger partial charge in [0.05, 0.1) is 5.75 Å². The molecular formula is C16H30OS. The number of hydrogen-bond donors (Lipinski definition) is 0. The van der Waals surface area contributed by atoms with Crippen LogP contribution in [0.15, 0.2) is 0 Å². The average molecular weight is 270 g/mol. The highest BCUT2D eigenvalue weighted by molar-refractivity contribution is 8.00. The molecule has 0 amide bonds. The monoisotopic (exact) mass is 270 g/mol. The van der Waals surface area contributed by atoms with Crippen LogP contribution in [-0.2, 0) is 4.79 Å². The zero-order chi connectivity index (χ0) is 13.1. The molecule has 1 aliphatic rings. The van der Waals surface area contributed by atoms with Gasteiger partial charge in [0.1, 0.15) is 5.78 Å². The third kappa shape index (κ3) is 7.45. The molecule has 0 aromatic carbocycles. The number of Topliss-reactive ketones (excluding diaryl/α,β-unsaturated/α-hetero) is 1. The Morgan fingerprint density at radius 1 is 0.944 bits per heavy atom. The van der Waals surface area contributed by atoms with E-state index in [2.05, 4.69) is 6.92 Å². The van der Waals surface area contributed by atoms with Gasteiger partial charge in [0.2, 0.25) is 0 Å². The lowest BCUT2D eigenvalue weighted by Gasteiger charge is -2.06. The third-order valence-corrected chi connectivity index (χ3v) is 5.05. The molecule has 1 nitrogen and oxygen atoms in total. The second-order valence-electron chi connectivity index (χ2n) is 5.65. The normalized spacial score (nSPS) is 19.6. The second-order valence-corrected chi connectivity index (χ2v) is 6.68. The Balaban J connectivity index is 1.77. The van der Waals surface area contributed by atoms with Crippen molar-refractivity contribution in [1.82, 2.24) is 0 Å². The fraction of sp³-hybridized carbons (Fsp3) is 0.938. The second kappa shape index (κ2) is 10.9. The maximum atomic E-state index is 11.4. The van der Waals surface area contributed by atoms with Gasteiger partial charge >= 0.3 is 0 Å². The molecule has 1 atom stereocenters. The lowest BCUT2D eigenvalue weighted by Crippen LogP contribution is -2.10. The van der Waals surface area contributed by atoms with Crippen molar-refractivity contribution < 1.29 is 4.79 Å². The van der Waals surface area contributed by atoms with Gasteiger partial charge in [-0.2, -0.15) is 11.8 Å². The molecule has 1 rings (SSSR count). The molecule has 0 aliphatic carbocycles. The van der Waals surface area contributed by atoms with E-state index in [-0.39, 0.29) is 0 Å². The first-order chi connectivity index (χ1) is 8.84. The van der Waals surface area contributed by atoms with Crippen LogP contribution in [0.2, 0.25) is 0 Å². The molecule has 1 fully saturated rings. The molecule has 0 aromatic heterocycles. The molecule has 18 heavy (non-hydrogen) atoms. The molecule has 0 saturated carbocycles. The summed E-state index contributed by atoms with van der Waals surface area (Å²) >= 11 is 1.82. The van der Waals surface area contributed by atoms with Crippen molar-refractivity contribution in [1.29, 1.82) is 0 Å². The van der Waals surface area contributed by atoms with E-state index >= 15 is 0 Å². The Kier molecular flexibility index (Phi) is 9.73. The van der Waals surface area contributed by atoms with Crippen molar-refractivity contribution in [3.8, 4) is 0 Å². The molecule has 0 N–H and O–H groups in total. The van der Waals surface area contributed by atoms with Gasteiger partial charge in [-0.05, 0) is 6.42 Å². The summed E-state index contributed by atoms with van der Waals surface area (Å²) in [5.41, 5.74) is 0. The van der Waals surface area contributed by atoms with Gasteiger partial charge in [-0.25, -0.2) is 0 Å². The van der Waals surface area contributed by atoms with Crippen molar-refractivity contribution in [2.24, 2.45) is 5.92 Å². The number of ketones is 1. The van der Waals surface area contributed by atoms with Gasteiger partial charge < -0.3 is 0 Å². The van der Waals surface area contributed by atoms with Crippen molar-refractivity contribution in [3.05, 3.63) is 0 Å². The summed E-state index contributed by atoms with van der Waals surface area (Å²) in [6, 6.07) is 0. The van der Waals surface area contributed by atoms with Crippen LogP contribution in [-0.4, -0.2) is 17.3 Å². The molecule has 0 radical (unpaired) electrons. The minimum atomic E-state index is 0.407. The lowest BCUT2D eigenvalue weighted by atomic mass is 9.98. The molecule has 1 aliphatic heterocycles. The van der Waals surface area contributed by atoms with Crippen LogP contribution in [0.25, 0.3) is 0 Å². The summed E-state index contributed by atoms with van der Waals surface area (Å²) in [6.45, 7) is 2.27. The maximum Gasteiger partial charge on any atom is 0.146 e. The molecule has 1 unspecified atom stereocenters. The number of carbonyl (C=O) groups excluding carboxylic acids is 1. The fourth-order valence-electron chi connectivity index (χ4n) is 2.64. The summed E-state index contributed by atoms with van der Waals surface area (Å²) in [7, 11) is 0. The highest BCUT2D eigenvalue weighted by Gasteiger charge is 2.23. The van der Waals surface area contributed by atoms with Crippen molar-refractivity contribution in [3.63, 3.8) is 0 Å². The standard InChI is InChI=1S/C16H30OS/c1-2-3-4-5-6-7-8-9-10-11-12-15-13-18-14-16(15)17/h15H,2-14H2,1H3. The van der Waals surface area contributed by atoms with Crippen LogP contribution in [0.5, 0.6) is 0 Å². The van der Waals surface area contributed by atoms with Crippen LogP contribution < -0.4 is 0 Å². The number of hydrogen-bond acceptors (Lipinski definition) is 2. The average Bonchev–Trinajstić information content (AvgIpc) is 2.77. The van der Waals surface area contributed by atoms with Crippen molar-refractivity contribution in [2.75, 3.05) is 11.5 Å². The van der Waals surface area contributed by atoms with E-state index in [1.807, 2.05) is 11.8 Å². The van der Waals surface area contributed by atoms with E-state index < -0.39 is 0 Å². The molecular weight excluding hydrogens is 240 g/mol. The van der Waals surface area contributed by atoms with Gasteiger partial charge in [-0.15, -0.1) is 0 Å². The Morgan fingerprint density at radius 2 is 1.50 bits per heavy atom. The minimum absolute atomic E-state index is 0.407. The highest BCUT2D eigenvalue weighted by atomic mass is 32.2. The number of carbonyl (C=O) groups is 1. The molecule has 0 spiro atoms. The summed E-state index contributed by atoms with van der Waals surface area (Å²) in [5.74, 6) is 2.79. The number of rotatable bonds is 11. The summed E-state index contributed by atoms with van der Waals surface area (Å²) < 4.78 is 0. The van der Waals surface area contributed by atoms with E-state index in [4.69, 9.17) is 0 Å². The topological polar surface area (TPSA) is 17.1 Å². The molecule has 1 saturated heterocycles. The van der Waals surface area contributed by atoms with Crippen molar-refractivity contribution >= 4 is 17.5 Å². The maximum absolute atomic E-state index is 11.4. The largest absolute Gasteiger partial charge is 0.298 e. The highest BCUT2D eigenvalue weighted by Crippen LogP contribution is 2.25. The van der Waals surface area contributed by atoms with Gasteiger partial charge in [0.15, 0.2) is 0 Å². The smallest absolute Gasteiger partial charge is 0.146 e. The molecule has 106 valence electrons. The minimum Gasteiger partial charge on any atom is -0.298 e. The van der Waals surface area contributed by atoms with E-state index in [9.17, 15) is 4.79 Å². The first-order valence-electron chi connectivity index (χ1n) is 7.95. The summed E-state index contributed by atoms with van der Waals surface area (Å²) in [6.07, 6.45) is 15.0. The van der Waals surface area contributed by atoms with E-state index in [1.54, 1.807) is 0 Å². The van der Waals surface area contributed by atoms with Gasteiger partial charge in [-0.3, -0.25) is 4.79 Å². The Hall–Kier alpha value is 0.0200. The first-order valence-corrected chi connectivity index (χ1v) is 9.10. The predicted molar refractivity (Wildman–Crippen MR) is 82.3 cm³/mol. The zero-order valence-electron chi connectivity index (χ0n) is 12.1. The van der Waals surface area contributed by atoms with E-state index in [0.29, 0.717) is 11.7 Å². The molecule has 1 heterocycles. The molecule has 0 aromatic rings. The van der Waals surface area contributed by atoms with Gasteiger partial charge in [-0.1, -0.05) is 71.1 Å². The first kappa shape index (κ1) is 16.1. The number of unbranched alkanes of at least 4 members (excludes halogenated alkanes) is 9. The van der Waals surface area contributed by atoms with Crippen LogP contribution in [0.1, 0.15) is 77.6 Å². The van der Waals surface area contributed by atoms with E-state index in [1.165, 1.54) is 64.2 Å². The van der Waals surface area contributed by atoms with Crippen LogP contribution >= 0.6 is 11.8 Å². The van der Waals surface area contributed by atoms with Gasteiger partial charge in [0, 0.05) is 11.7 Å². The Morgan fingerprint density at radius 3 is 2.00 bits per heavy atom. The Bertz CT molecular complexity index is 215. The van der Waals surface area contributed by atoms with Gasteiger partial charge in [0.25, 0.3) is 0 Å². The quantitative estimate of drug-likeness (QED) is 0.478. The molecule has 2 heteroatoms. The predicted octanol–water partition coefficient (Wildman–Crippen LogP) is 5.23. The fourth-order valence-corrected chi connectivity index (χ4v) is 3.83.